The molecule has 1 aromatic carbocycles. The van der Waals surface area contributed by atoms with Crippen molar-refractivity contribution in [1.82, 2.24) is 5.32 Å². The molecular weight excluding hydrogens is 232 g/mol. The fraction of sp³-hybridized carbons (Fsp3) is 0.231. The van der Waals surface area contributed by atoms with Crippen molar-refractivity contribution in [1.29, 1.82) is 0 Å². The fourth-order valence-corrected chi connectivity index (χ4v) is 1.19. The summed E-state index contributed by atoms with van der Waals surface area (Å²) in [5.74, 6) is -0.233. The molecule has 0 spiro atoms. The minimum atomic E-state index is -0.543. The first-order chi connectivity index (χ1) is 8.49. The Morgan fingerprint density at radius 1 is 1.33 bits per heavy atom. The van der Waals surface area contributed by atoms with Gasteiger partial charge in [0.15, 0.2) is 6.61 Å². The smallest absolute Gasteiger partial charge is 0.255 e. The summed E-state index contributed by atoms with van der Waals surface area (Å²) in [7, 11) is 0. The van der Waals surface area contributed by atoms with Crippen molar-refractivity contribution in [2.45, 2.75) is 6.92 Å². The molecule has 0 fully saturated rings. The highest BCUT2D eigenvalue weighted by atomic mass is 16.5. The Kier molecular flexibility index (Phi) is 4.92. The Bertz CT molecular complexity index is 452. The van der Waals surface area contributed by atoms with Gasteiger partial charge >= 0.3 is 0 Å². The van der Waals surface area contributed by atoms with Crippen LogP contribution in [0.25, 0.3) is 0 Å². The molecule has 0 heterocycles. The monoisotopic (exact) mass is 248 g/mol. The van der Waals surface area contributed by atoms with Gasteiger partial charge in [0.05, 0.1) is 0 Å². The zero-order chi connectivity index (χ0) is 13.5. The Morgan fingerprint density at radius 3 is 2.44 bits per heavy atom. The third kappa shape index (κ3) is 4.69. The van der Waals surface area contributed by atoms with E-state index in [1.807, 2.05) is 6.92 Å². The largest absolute Gasteiger partial charge is 0.484 e. The van der Waals surface area contributed by atoms with Crippen LogP contribution in [0.5, 0.6) is 5.75 Å². The second-order valence-electron chi connectivity index (χ2n) is 3.92. The molecular formula is C13H16N2O3. The summed E-state index contributed by atoms with van der Waals surface area (Å²) in [4.78, 5) is 22.2. The molecule has 3 N–H and O–H groups in total. The van der Waals surface area contributed by atoms with Gasteiger partial charge in [0, 0.05) is 12.1 Å². The SMILES string of the molecule is C=C(C)CNC(=O)c1ccc(OCC(N)=O)cc1. The third-order valence-corrected chi connectivity index (χ3v) is 2.05. The van der Waals surface area contributed by atoms with Gasteiger partial charge in [-0.25, -0.2) is 0 Å². The molecule has 0 aliphatic heterocycles. The average Bonchev–Trinajstić information content (AvgIpc) is 2.34. The Labute approximate surface area is 106 Å². The van der Waals surface area contributed by atoms with Crippen molar-refractivity contribution in [3.63, 3.8) is 0 Å². The summed E-state index contributed by atoms with van der Waals surface area (Å²) >= 11 is 0. The first-order valence-corrected chi connectivity index (χ1v) is 5.43. The standard InChI is InChI=1S/C13H16N2O3/c1-9(2)7-15-13(17)10-3-5-11(6-4-10)18-8-12(14)16/h3-6H,1,7-8H2,2H3,(H2,14,16)(H,15,17). The molecule has 0 saturated carbocycles. The lowest BCUT2D eigenvalue weighted by Crippen LogP contribution is -2.24. The molecule has 1 rings (SSSR count). The van der Waals surface area contributed by atoms with Gasteiger partial charge in [0.1, 0.15) is 5.75 Å². The maximum Gasteiger partial charge on any atom is 0.255 e. The average molecular weight is 248 g/mol. The summed E-state index contributed by atoms with van der Waals surface area (Å²) in [5.41, 5.74) is 6.35. The van der Waals surface area contributed by atoms with Crippen LogP contribution in [-0.4, -0.2) is 25.0 Å². The summed E-state index contributed by atoms with van der Waals surface area (Å²) in [6, 6.07) is 6.45. The molecule has 18 heavy (non-hydrogen) atoms. The molecule has 2 amide bonds. The van der Waals surface area contributed by atoms with Crippen LogP contribution in [0, 0.1) is 0 Å². The highest BCUT2D eigenvalue weighted by molar-refractivity contribution is 5.94. The molecule has 96 valence electrons. The number of ether oxygens (including phenoxy) is 1. The molecule has 0 bridgehead atoms. The number of nitrogens with one attached hydrogen (secondary N) is 1. The second kappa shape index (κ2) is 6.44. The van der Waals surface area contributed by atoms with Crippen LogP contribution in [0.3, 0.4) is 0 Å². The molecule has 5 heteroatoms. The molecule has 0 aromatic heterocycles. The molecule has 0 atom stereocenters. The molecule has 0 aliphatic carbocycles. The van der Waals surface area contributed by atoms with Crippen molar-refractivity contribution in [3.8, 4) is 5.75 Å². The topological polar surface area (TPSA) is 81.4 Å². The number of hydrogen-bond donors (Lipinski definition) is 2. The van der Waals surface area contributed by atoms with Crippen LogP contribution in [0.2, 0.25) is 0 Å². The van der Waals surface area contributed by atoms with E-state index in [4.69, 9.17) is 10.5 Å². The summed E-state index contributed by atoms with van der Waals surface area (Å²) in [6.07, 6.45) is 0. The quantitative estimate of drug-likeness (QED) is 0.732. The van der Waals surface area contributed by atoms with Crippen LogP contribution in [0.1, 0.15) is 17.3 Å². The lowest BCUT2D eigenvalue weighted by atomic mass is 10.2. The molecule has 0 unspecified atom stereocenters. The van der Waals surface area contributed by atoms with Gasteiger partial charge in [0.2, 0.25) is 0 Å². The van der Waals surface area contributed by atoms with E-state index in [9.17, 15) is 9.59 Å². The number of carbonyl (C=O) groups is 2. The lowest BCUT2D eigenvalue weighted by Gasteiger charge is -2.06. The minimum absolute atomic E-state index is 0.179. The zero-order valence-electron chi connectivity index (χ0n) is 10.2. The van der Waals surface area contributed by atoms with Crippen LogP contribution in [0.4, 0.5) is 0 Å². The molecule has 0 radical (unpaired) electrons. The predicted octanol–water partition coefficient (Wildman–Crippen LogP) is 0.857. The van der Waals surface area contributed by atoms with Gasteiger partial charge < -0.3 is 15.8 Å². The molecule has 0 aliphatic rings. The van der Waals surface area contributed by atoms with Crippen molar-refractivity contribution < 1.29 is 14.3 Å². The molecule has 5 nitrogen and oxygen atoms in total. The van der Waals surface area contributed by atoms with Crippen LogP contribution < -0.4 is 15.8 Å². The number of primary amides is 1. The van der Waals surface area contributed by atoms with Gasteiger partial charge in [-0.05, 0) is 31.2 Å². The van der Waals surface area contributed by atoms with E-state index in [0.29, 0.717) is 17.9 Å². The number of hydrogen-bond acceptors (Lipinski definition) is 3. The minimum Gasteiger partial charge on any atom is -0.484 e. The summed E-state index contributed by atoms with van der Waals surface area (Å²) in [6.45, 7) is 5.80. The lowest BCUT2D eigenvalue weighted by molar-refractivity contribution is -0.119. The normalized spacial score (nSPS) is 9.61. The van der Waals surface area contributed by atoms with Gasteiger partial charge in [-0.2, -0.15) is 0 Å². The fourth-order valence-electron chi connectivity index (χ4n) is 1.19. The van der Waals surface area contributed by atoms with Crippen molar-refractivity contribution >= 4 is 11.8 Å². The van der Waals surface area contributed by atoms with Gasteiger partial charge in [-0.3, -0.25) is 9.59 Å². The van der Waals surface area contributed by atoms with Crippen molar-refractivity contribution in [3.05, 3.63) is 42.0 Å². The summed E-state index contributed by atoms with van der Waals surface area (Å²) in [5, 5.41) is 2.71. The van der Waals surface area contributed by atoms with Gasteiger partial charge in [-0.1, -0.05) is 12.2 Å². The predicted molar refractivity (Wildman–Crippen MR) is 68.3 cm³/mol. The van der Waals surface area contributed by atoms with Gasteiger partial charge in [0.25, 0.3) is 11.8 Å². The number of nitrogens with two attached hydrogens (primary N) is 1. The zero-order valence-corrected chi connectivity index (χ0v) is 10.2. The van der Waals surface area contributed by atoms with E-state index >= 15 is 0 Å². The highest BCUT2D eigenvalue weighted by Crippen LogP contribution is 2.11. The first kappa shape index (κ1) is 13.8. The van der Waals surface area contributed by atoms with Crippen LogP contribution >= 0.6 is 0 Å². The number of benzene rings is 1. The number of amides is 2. The van der Waals surface area contributed by atoms with E-state index in [1.165, 1.54) is 0 Å². The Morgan fingerprint density at radius 2 is 1.94 bits per heavy atom. The van der Waals surface area contributed by atoms with Crippen molar-refractivity contribution in [2.24, 2.45) is 5.73 Å². The maximum atomic E-state index is 11.7. The summed E-state index contributed by atoms with van der Waals surface area (Å²) < 4.78 is 5.08. The number of rotatable bonds is 6. The third-order valence-electron chi connectivity index (χ3n) is 2.05. The van der Waals surface area contributed by atoms with Crippen molar-refractivity contribution in [2.75, 3.05) is 13.2 Å². The van der Waals surface area contributed by atoms with E-state index in [2.05, 4.69) is 11.9 Å². The van der Waals surface area contributed by atoms with Crippen LogP contribution in [0.15, 0.2) is 36.4 Å². The Hall–Kier alpha value is -2.30. The van der Waals surface area contributed by atoms with Crippen LogP contribution in [-0.2, 0) is 4.79 Å². The molecule has 0 saturated heterocycles. The van der Waals surface area contributed by atoms with E-state index in [0.717, 1.165) is 5.57 Å². The first-order valence-electron chi connectivity index (χ1n) is 5.43. The number of carbonyl (C=O) groups excluding carboxylic acids is 2. The highest BCUT2D eigenvalue weighted by Gasteiger charge is 2.05. The van der Waals surface area contributed by atoms with Gasteiger partial charge in [-0.15, -0.1) is 0 Å². The van der Waals surface area contributed by atoms with E-state index < -0.39 is 5.91 Å². The molecule has 1 aromatic rings. The van der Waals surface area contributed by atoms with E-state index in [1.54, 1.807) is 24.3 Å². The maximum absolute atomic E-state index is 11.7. The second-order valence-corrected chi connectivity index (χ2v) is 3.92. The van der Waals surface area contributed by atoms with E-state index in [-0.39, 0.29) is 12.5 Å². The Balaban J connectivity index is 2.56.